The molecule has 0 amide bonds. The molecule has 0 bridgehead atoms. The summed E-state index contributed by atoms with van der Waals surface area (Å²) in [7, 11) is 1.00. The Balaban J connectivity index is 1.46. The quantitative estimate of drug-likeness (QED) is 0.0268. The van der Waals surface area contributed by atoms with Crippen molar-refractivity contribution in [1.82, 2.24) is 0 Å². The van der Waals surface area contributed by atoms with Crippen LogP contribution in [0.1, 0.15) is 180 Å². The smallest absolute Gasteiger partial charge is 0.331 e. The van der Waals surface area contributed by atoms with Crippen LogP contribution in [-0.4, -0.2) is 98.8 Å². The molecule has 1 aromatic rings. The van der Waals surface area contributed by atoms with Gasteiger partial charge in [0, 0.05) is 27.4 Å². The molecule has 2 aliphatic heterocycles. The van der Waals surface area contributed by atoms with E-state index in [0.29, 0.717) is 19.3 Å². The minimum absolute atomic E-state index is 0.0101. The molecule has 2 aliphatic rings. The lowest BCUT2D eigenvalue weighted by atomic mass is 9.98. The number of aryl methyl sites for hydroxylation is 1. The second-order valence-corrected chi connectivity index (χ2v) is 19.4. The fourth-order valence-corrected chi connectivity index (χ4v) is 9.89. The monoisotopic (exact) mass is 911 g/mol. The lowest BCUT2D eigenvalue weighted by molar-refractivity contribution is -0.159. The van der Waals surface area contributed by atoms with E-state index in [1.54, 1.807) is 51.7 Å². The highest BCUT2D eigenvalue weighted by molar-refractivity contribution is 7.86. The minimum Gasteiger partial charge on any atom is -0.455 e. The zero-order valence-corrected chi connectivity index (χ0v) is 40.9. The van der Waals surface area contributed by atoms with Gasteiger partial charge in [-0.3, -0.25) is 4.18 Å². The second kappa shape index (κ2) is 33.5. The summed E-state index contributed by atoms with van der Waals surface area (Å²) < 4.78 is 78.7. The van der Waals surface area contributed by atoms with E-state index in [1.807, 2.05) is 13.8 Å². The molecule has 7 atom stereocenters. The van der Waals surface area contributed by atoms with Crippen molar-refractivity contribution < 1.29 is 55.3 Å². The molecule has 12 nitrogen and oxygen atoms in total. The van der Waals surface area contributed by atoms with Gasteiger partial charge in [-0.15, -0.1) is 0 Å². The number of carbonyl (C=O) groups is 1. The summed E-state index contributed by atoms with van der Waals surface area (Å²) in [4.78, 5) is 11.9. The van der Waals surface area contributed by atoms with Gasteiger partial charge < -0.3 is 37.9 Å². The molecule has 0 aliphatic carbocycles. The average molecular weight is 911 g/mol. The zero-order valence-electron chi connectivity index (χ0n) is 40.0. The highest BCUT2D eigenvalue weighted by atomic mass is 32.2. The highest BCUT2D eigenvalue weighted by Crippen LogP contribution is 2.32. The highest BCUT2D eigenvalue weighted by Gasteiger charge is 2.36. The Kier molecular flexibility index (Phi) is 29.5. The Morgan fingerprint density at radius 1 is 0.619 bits per heavy atom. The molecule has 1 unspecified atom stereocenters. The van der Waals surface area contributed by atoms with Crippen LogP contribution in [0, 0.1) is 6.92 Å². The van der Waals surface area contributed by atoms with Crippen LogP contribution in [0.15, 0.2) is 40.8 Å². The number of rotatable bonds is 40. The van der Waals surface area contributed by atoms with Crippen LogP contribution < -0.4 is 0 Å². The van der Waals surface area contributed by atoms with Gasteiger partial charge in [0.15, 0.2) is 0 Å². The molecule has 0 N–H and O–H groups in total. The lowest BCUT2D eigenvalue weighted by Crippen LogP contribution is -2.34. The van der Waals surface area contributed by atoms with E-state index >= 15 is 0 Å². The van der Waals surface area contributed by atoms with Crippen LogP contribution in [-0.2, 0) is 57.0 Å². The maximum absolute atomic E-state index is 13.4. The second-order valence-electron chi connectivity index (χ2n) is 17.8. The molecule has 1 aromatic carbocycles. The summed E-state index contributed by atoms with van der Waals surface area (Å²) in [6, 6.07) is 6.83. The fraction of sp³-hybridized carbons (Fsp3) is 0.820. The number of benzene rings is 1. The normalized spacial score (nSPS) is 19.9. The third-order valence-electron chi connectivity index (χ3n) is 12.4. The van der Waals surface area contributed by atoms with Crippen molar-refractivity contribution in [2.24, 2.45) is 0 Å². The number of unbranched alkanes of at least 4 members (excludes halogenated alkanes) is 14. The number of cyclic esters (lactones) is 1. The van der Waals surface area contributed by atoms with Crippen LogP contribution in [0.4, 0.5) is 0 Å². The molecule has 0 radical (unpaired) electrons. The Bertz CT molecular complexity index is 1450. The molecule has 364 valence electrons. The minimum atomic E-state index is -3.91. The maximum Gasteiger partial charge on any atom is 0.331 e. The molecule has 1 saturated heterocycles. The molecule has 0 saturated carbocycles. The van der Waals surface area contributed by atoms with Crippen molar-refractivity contribution in [3.05, 3.63) is 41.5 Å². The number of carbonyl (C=O) groups excluding carboxylic acids is 1. The summed E-state index contributed by atoms with van der Waals surface area (Å²) in [6.07, 6.45) is 26.6. The first-order chi connectivity index (χ1) is 30.6. The molecule has 1 fully saturated rings. The predicted octanol–water partition coefficient (Wildman–Crippen LogP) is 11.4. The lowest BCUT2D eigenvalue weighted by Gasteiger charge is -2.27. The van der Waals surface area contributed by atoms with Gasteiger partial charge >= 0.3 is 5.97 Å². The van der Waals surface area contributed by atoms with Crippen LogP contribution in [0.2, 0.25) is 0 Å². The molecule has 63 heavy (non-hydrogen) atoms. The average Bonchev–Trinajstić information content (AvgIpc) is 3.88. The Morgan fingerprint density at radius 2 is 1.06 bits per heavy atom. The van der Waals surface area contributed by atoms with Crippen molar-refractivity contribution in [3.63, 3.8) is 0 Å². The van der Waals surface area contributed by atoms with E-state index < -0.39 is 16.2 Å². The molecule has 13 heteroatoms. The molecule has 3 rings (SSSR count). The first-order valence-corrected chi connectivity index (χ1v) is 25.9. The van der Waals surface area contributed by atoms with Crippen molar-refractivity contribution >= 4 is 16.1 Å². The number of methoxy groups -OCH3 is 3. The van der Waals surface area contributed by atoms with Gasteiger partial charge in [0.2, 0.25) is 0 Å². The SMILES string of the molecule is CCCCCCCCCCCC[C@H](OCOC)[C@@H]1CC[C@@H]([C@H](CCCCCCC(CCCCC[C@H](CC2=CC(=O)O[C@H]2C)OCOC)OS(=O)(=O)c2ccc(C)cc2)OCOC)O1. The van der Waals surface area contributed by atoms with E-state index in [2.05, 4.69) is 6.92 Å². The third-order valence-corrected chi connectivity index (χ3v) is 13.8. The van der Waals surface area contributed by atoms with Gasteiger partial charge in [0.05, 0.1) is 41.5 Å². The van der Waals surface area contributed by atoms with Gasteiger partial charge in [0.1, 0.15) is 26.5 Å². The largest absolute Gasteiger partial charge is 0.455 e. The van der Waals surface area contributed by atoms with Gasteiger partial charge in [-0.05, 0) is 82.9 Å². The van der Waals surface area contributed by atoms with Crippen molar-refractivity contribution in [2.45, 2.75) is 229 Å². The Hall–Kier alpha value is -1.94. The van der Waals surface area contributed by atoms with E-state index in [0.717, 1.165) is 94.6 Å². The van der Waals surface area contributed by atoms with E-state index in [9.17, 15) is 13.2 Å². The fourth-order valence-electron chi connectivity index (χ4n) is 8.75. The molecular formula is C50H86O12S. The Labute approximate surface area is 382 Å². The zero-order chi connectivity index (χ0) is 45.5. The summed E-state index contributed by atoms with van der Waals surface area (Å²) in [6.45, 7) is 6.74. The maximum atomic E-state index is 13.4. The third kappa shape index (κ3) is 23.4. The van der Waals surface area contributed by atoms with Gasteiger partial charge in [-0.25, -0.2) is 4.79 Å². The van der Waals surface area contributed by atoms with E-state index in [4.69, 9.17) is 42.1 Å². The molecular weight excluding hydrogens is 825 g/mol. The Morgan fingerprint density at radius 3 is 1.54 bits per heavy atom. The number of ether oxygens (including phenoxy) is 8. The van der Waals surface area contributed by atoms with Crippen LogP contribution in [0.25, 0.3) is 0 Å². The van der Waals surface area contributed by atoms with Gasteiger partial charge in [0.25, 0.3) is 10.1 Å². The van der Waals surface area contributed by atoms with Gasteiger partial charge in [-0.1, -0.05) is 134 Å². The van der Waals surface area contributed by atoms with Crippen molar-refractivity contribution in [2.75, 3.05) is 41.7 Å². The first-order valence-electron chi connectivity index (χ1n) is 24.5. The van der Waals surface area contributed by atoms with Crippen LogP contribution >= 0.6 is 0 Å². The number of hydrogen-bond acceptors (Lipinski definition) is 12. The van der Waals surface area contributed by atoms with Crippen molar-refractivity contribution in [1.29, 1.82) is 0 Å². The molecule has 0 aromatic heterocycles. The number of hydrogen-bond donors (Lipinski definition) is 0. The summed E-state index contributed by atoms with van der Waals surface area (Å²) in [5.74, 6) is -0.310. The molecule has 2 heterocycles. The summed E-state index contributed by atoms with van der Waals surface area (Å²) in [5.41, 5.74) is 1.92. The van der Waals surface area contributed by atoms with Crippen LogP contribution in [0.3, 0.4) is 0 Å². The predicted molar refractivity (Wildman–Crippen MR) is 247 cm³/mol. The molecule has 0 spiro atoms. The standard InChI is InChI=1S/C50H86O12S/c1-7-8-9-10-11-12-13-14-15-22-27-46(58-38-55-5)48-33-34-49(61-48)47(59-39-56-6)28-23-17-16-19-24-43(62-63(52,53)45-31-29-40(2)30-32-45)25-20-18-21-26-44(57-37-54-4)35-42-36-50(51)60-41(42)3/h29-32,36,41,43-44,46-49H,7-28,33-35,37-39H2,1-6H3/t41-,43?,44+,46-,47-,48-,49-/m0/s1. The summed E-state index contributed by atoms with van der Waals surface area (Å²) in [5, 5.41) is 0. The first kappa shape index (κ1) is 55.4. The van der Waals surface area contributed by atoms with E-state index in [-0.39, 0.29) is 67.9 Å². The van der Waals surface area contributed by atoms with Crippen LogP contribution in [0.5, 0.6) is 0 Å². The summed E-state index contributed by atoms with van der Waals surface area (Å²) >= 11 is 0. The van der Waals surface area contributed by atoms with Gasteiger partial charge in [-0.2, -0.15) is 8.42 Å². The number of esters is 1. The van der Waals surface area contributed by atoms with E-state index in [1.165, 1.54) is 57.8 Å². The van der Waals surface area contributed by atoms with Crippen molar-refractivity contribution in [3.8, 4) is 0 Å². The topological polar surface area (TPSA) is 134 Å².